The summed E-state index contributed by atoms with van der Waals surface area (Å²) in [6, 6.07) is 1.83. The van der Waals surface area contributed by atoms with Crippen LogP contribution in [0, 0.1) is 0 Å². The zero-order valence-corrected chi connectivity index (χ0v) is 24.2. The van der Waals surface area contributed by atoms with E-state index in [1.807, 2.05) is 52.1 Å². The third-order valence-electron chi connectivity index (χ3n) is 7.38. The molecule has 6 heterocycles. The van der Waals surface area contributed by atoms with Gasteiger partial charge in [0, 0.05) is 82.5 Å². The van der Waals surface area contributed by atoms with Crippen LogP contribution >= 0.6 is 0 Å². The van der Waals surface area contributed by atoms with E-state index in [9.17, 15) is 9.59 Å². The first-order chi connectivity index (χ1) is 18.9. The molecule has 10 heteroatoms. The van der Waals surface area contributed by atoms with E-state index in [2.05, 4.69) is 44.5 Å². The number of nitrogens with zero attached hydrogens (tertiary/aromatic N) is 4. The molecule has 39 heavy (non-hydrogen) atoms. The van der Waals surface area contributed by atoms with Gasteiger partial charge in [-0.2, -0.15) is 0 Å². The van der Waals surface area contributed by atoms with Crippen LogP contribution in [0.5, 0.6) is 0 Å². The highest BCUT2D eigenvalue weighted by atomic mass is 16.6. The van der Waals surface area contributed by atoms with Gasteiger partial charge in [-0.25, -0.2) is 9.59 Å². The summed E-state index contributed by atoms with van der Waals surface area (Å²) in [6.45, 7) is 11.7. The minimum atomic E-state index is -0.532. The monoisotopic (exact) mass is 540 g/mol. The highest BCUT2D eigenvalue weighted by molar-refractivity contribution is 5.88. The first kappa shape index (κ1) is 30.3. The van der Waals surface area contributed by atoms with E-state index in [0.717, 1.165) is 80.9 Å². The summed E-state index contributed by atoms with van der Waals surface area (Å²) in [6.07, 6.45) is 12.6. The fourth-order valence-electron chi connectivity index (χ4n) is 5.27. The molecule has 6 rings (SSSR count). The summed E-state index contributed by atoms with van der Waals surface area (Å²) in [5, 5.41) is 5.47. The van der Waals surface area contributed by atoms with Crippen LogP contribution in [0.15, 0.2) is 47.0 Å². The van der Waals surface area contributed by atoms with E-state index in [1.54, 1.807) is 12.4 Å². The Hall–Kier alpha value is -3.24. The maximum absolute atomic E-state index is 11.7. The Balaban J connectivity index is 0.000000192. The van der Waals surface area contributed by atoms with Crippen molar-refractivity contribution in [1.29, 1.82) is 0 Å². The van der Waals surface area contributed by atoms with Gasteiger partial charge in [0.1, 0.15) is 11.3 Å². The molecule has 214 valence electrons. The summed E-state index contributed by atoms with van der Waals surface area (Å²) in [4.78, 5) is 36.5. The van der Waals surface area contributed by atoms with E-state index >= 15 is 0 Å². The van der Waals surface area contributed by atoms with Crippen molar-refractivity contribution < 1.29 is 19.1 Å². The number of aromatic nitrogens is 1. The number of amides is 2. The van der Waals surface area contributed by atoms with Gasteiger partial charge in [0.15, 0.2) is 5.60 Å². The molecule has 0 unspecified atom stereocenters. The normalized spacial score (nSPS) is 22.5. The lowest BCUT2D eigenvalue weighted by molar-refractivity contribution is -0.0336. The third kappa shape index (κ3) is 6.86. The molecule has 2 saturated heterocycles. The summed E-state index contributed by atoms with van der Waals surface area (Å²) in [7, 11) is 4.17. The number of fused-ring (bicyclic) bond motifs is 3. The number of piperidine rings is 2. The molecule has 2 spiro atoms. The quantitative estimate of drug-likeness (QED) is 0.474. The zero-order chi connectivity index (χ0) is 28.5. The lowest BCUT2D eigenvalue weighted by Crippen LogP contribution is -2.52. The average Bonchev–Trinajstić information content (AvgIpc) is 3.21. The first-order valence-corrected chi connectivity index (χ1v) is 14.1. The van der Waals surface area contributed by atoms with Gasteiger partial charge in [0.05, 0.1) is 11.4 Å². The molecule has 2 N–H and O–H groups in total. The Morgan fingerprint density at radius 3 is 2.05 bits per heavy atom. The second kappa shape index (κ2) is 13.7. The van der Waals surface area contributed by atoms with E-state index in [4.69, 9.17) is 9.47 Å². The van der Waals surface area contributed by atoms with Gasteiger partial charge in [-0.15, -0.1) is 0 Å². The smallest absolute Gasteiger partial charge is 0.412 e. The lowest BCUT2D eigenvalue weighted by Gasteiger charge is -2.43. The molecule has 5 aliphatic heterocycles. The van der Waals surface area contributed by atoms with Crippen molar-refractivity contribution in [2.24, 2.45) is 4.99 Å². The lowest BCUT2D eigenvalue weighted by atomic mass is 9.83. The minimum Gasteiger partial charge on any atom is -0.438 e. The Bertz CT molecular complexity index is 1080. The summed E-state index contributed by atoms with van der Waals surface area (Å²) >= 11 is 0. The fraction of sp³-hybridized carbons (Fsp3) is 0.586. The standard InChI is InChI=1S/C13H17N3O2.C12H15N3O2.2C2H6/c1-16-8-5-13(6-9-16)11-10(15-12(17)18-13)4-2-3-7-14-11;1-15-6-3-12(4-7-15)9-8-13-5-2-10(9)14-11(16)17-12;2*1-2/h2,4,7H,3,5-6,8-9H2,1H3,(H,15,17);2,5,8H,3-4,6-7H2,1H3,(H,14,16);2*1-2H3. The van der Waals surface area contributed by atoms with Crippen LogP contribution in [0.1, 0.15) is 65.4 Å². The number of allylic oxidation sites excluding steroid dienone is 2. The molecule has 2 fully saturated rings. The minimum absolute atomic E-state index is 0.353. The van der Waals surface area contributed by atoms with Gasteiger partial charge in [0.2, 0.25) is 0 Å². The topological polar surface area (TPSA) is 108 Å². The van der Waals surface area contributed by atoms with E-state index in [0.29, 0.717) is 0 Å². The number of nitrogens with one attached hydrogen (secondary N) is 2. The number of aliphatic imine (C=N–C) groups is 1. The number of carbonyl (C=O) groups excluding carboxylic acids is 2. The van der Waals surface area contributed by atoms with Crippen LogP contribution in [0.3, 0.4) is 0 Å². The van der Waals surface area contributed by atoms with E-state index in [-0.39, 0.29) is 12.2 Å². The summed E-state index contributed by atoms with van der Waals surface area (Å²) in [5.41, 5.74) is 2.51. The number of hydrogen-bond donors (Lipinski definition) is 2. The van der Waals surface area contributed by atoms with E-state index in [1.165, 1.54) is 0 Å². The number of ether oxygens (including phenoxy) is 2. The molecule has 5 aliphatic rings. The Morgan fingerprint density at radius 2 is 1.41 bits per heavy atom. The van der Waals surface area contributed by atoms with Crippen LogP contribution in [0.2, 0.25) is 0 Å². The maximum Gasteiger partial charge on any atom is 0.412 e. The van der Waals surface area contributed by atoms with Crippen LogP contribution in [-0.2, 0) is 15.1 Å². The highest BCUT2D eigenvalue weighted by Gasteiger charge is 2.46. The highest BCUT2D eigenvalue weighted by Crippen LogP contribution is 2.42. The molecule has 0 aromatic carbocycles. The number of likely N-dealkylation sites (tertiary alicyclic amines) is 2. The van der Waals surface area contributed by atoms with Crippen LogP contribution in [-0.4, -0.2) is 79.1 Å². The van der Waals surface area contributed by atoms with Crippen molar-refractivity contribution >= 4 is 24.1 Å². The average molecular weight is 541 g/mol. The second-order valence-corrected chi connectivity index (χ2v) is 9.76. The van der Waals surface area contributed by atoms with Gasteiger partial charge < -0.3 is 19.3 Å². The number of hydrogen-bond acceptors (Lipinski definition) is 8. The van der Waals surface area contributed by atoms with Gasteiger partial charge in [0.25, 0.3) is 0 Å². The van der Waals surface area contributed by atoms with Gasteiger partial charge in [-0.05, 0) is 26.2 Å². The molecular formula is C29H44N6O4. The third-order valence-corrected chi connectivity index (χ3v) is 7.38. The molecule has 2 amide bonds. The predicted molar refractivity (Wildman–Crippen MR) is 154 cm³/mol. The Morgan fingerprint density at radius 1 is 0.846 bits per heavy atom. The van der Waals surface area contributed by atoms with Crippen molar-refractivity contribution in [1.82, 2.24) is 20.1 Å². The fourth-order valence-corrected chi connectivity index (χ4v) is 5.27. The Labute approximate surface area is 232 Å². The van der Waals surface area contributed by atoms with Gasteiger partial charge in [-0.1, -0.05) is 33.8 Å². The molecule has 0 atom stereocenters. The van der Waals surface area contributed by atoms with Crippen LogP contribution < -0.4 is 10.6 Å². The van der Waals surface area contributed by atoms with Crippen molar-refractivity contribution in [3.05, 3.63) is 47.6 Å². The van der Waals surface area contributed by atoms with Crippen molar-refractivity contribution in [2.45, 2.75) is 71.0 Å². The molecule has 1 aromatic heterocycles. The number of carbonyl (C=O) groups is 2. The van der Waals surface area contributed by atoms with Crippen LogP contribution in [0.25, 0.3) is 0 Å². The number of anilines is 1. The number of pyridine rings is 1. The molecule has 0 bridgehead atoms. The van der Waals surface area contributed by atoms with E-state index < -0.39 is 11.2 Å². The number of rotatable bonds is 0. The first-order valence-electron chi connectivity index (χ1n) is 14.1. The molecule has 0 saturated carbocycles. The molecule has 10 nitrogen and oxygen atoms in total. The maximum atomic E-state index is 11.7. The van der Waals surface area contributed by atoms with Crippen molar-refractivity contribution in [3.8, 4) is 0 Å². The molecule has 0 aliphatic carbocycles. The largest absolute Gasteiger partial charge is 0.438 e. The molecule has 1 aromatic rings. The Kier molecular flexibility index (Phi) is 10.7. The summed E-state index contributed by atoms with van der Waals surface area (Å²) < 4.78 is 11.2. The SMILES string of the molecule is CC.CC.CN1CCC2(CC1)OC(=O)NC1=C2N=CCC=C1.CN1CCC2(CC1)OC(=O)Nc1ccncc12. The predicted octanol–water partition coefficient (Wildman–Crippen LogP) is 5.05. The van der Waals surface area contributed by atoms with Gasteiger partial charge in [-0.3, -0.25) is 20.6 Å². The summed E-state index contributed by atoms with van der Waals surface area (Å²) in [5.74, 6) is 0. The van der Waals surface area contributed by atoms with Crippen molar-refractivity contribution in [3.63, 3.8) is 0 Å². The van der Waals surface area contributed by atoms with Crippen molar-refractivity contribution in [2.75, 3.05) is 45.6 Å². The zero-order valence-electron chi connectivity index (χ0n) is 24.2. The van der Waals surface area contributed by atoms with Gasteiger partial charge >= 0.3 is 12.2 Å². The second-order valence-electron chi connectivity index (χ2n) is 9.76. The molecular weight excluding hydrogens is 496 g/mol. The molecule has 0 radical (unpaired) electrons. The number of alkyl carbamates (subject to hydrolysis) is 1. The van der Waals surface area contributed by atoms with Crippen LogP contribution in [0.4, 0.5) is 15.3 Å².